The molecule has 4 rings (SSSR count). The van der Waals surface area contributed by atoms with E-state index in [-0.39, 0.29) is 5.91 Å². The molecule has 176 valence electrons. The van der Waals surface area contributed by atoms with Crippen molar-refractivity contribution in [3.05, 3.63) is 94.8 Å². The van der Waals surface area contributed by atoms with Crippen LogP contribution >= 0.6 is 11.6 Å². The SMILES string of the molecule is COc1ccc(Cn2c(CCCCCNC(=O)Cc3ccc(Cl)cc3)nc3ccccc32)cc1. The van der Waals surface area contributed by atoms with E-state index >= 15 is 0 Å². The molecule has 0 aliphatic heterocycles. The lowest BCUT2D eigenvalue weighted by Gasteiger charge is -2.10. The average molecular weight is 476 g/mol. The molecule has 4 aromatic rings. The molecule has 0 aliphatic carbocycles. The van der Waals surface area contributed by atoms with Crippen LogP contribution in [0.1, 0.15) is 36.2 Å². The number of hydrogen-bond donors (Lipinski definition) is 1. The second-order valence-corrected chi connectivity index (χ2v) is 8.85. The maximum Gasteiger partial charge on any atom is 0.224 e. The van der Waals surface area contributed by atoms with Crippen LogP contribution in [0.25, 0.3) is 11.0 Å². The summed E-state index contributed by atoms with van der Waals surface area (Å²) in [5.74, 6) is 2.01. The van der Waals surface area contributed by atoms with E-state index in [0.717, 1.165) is 60.4 Å². The third kappa shape index (κ3) is 6.39. The number of carbonyl (C=O) groups excluding carboxylic acids is 1. The van der Waals surface area contributed by atoms with Gasteiger partial charge >= 0.3 is 0 Å². The van der Waals surface area contributed by atoms with Crippen LogP contribution in [0.3, 0.4) is 0 Å². The lowest BCUT2D eigenvalue weighted by molar-refractivity contribution is -0.120. The molecule has 6 heteroatoms. The zero-order valence-corrected chi connectivity index (χ0v) is 20.2. The van der Waals surface area contributed by atoms with Gasteiger partial charge in [0, 0.05) is 24.5 Å². The first-order valence-corrected chi connectivity index (χ1v) is 12.1. The van der Waals surface area contributed by atoms with Gasteiger partial charge in [-0.15, -0.1) is 0 Å². The molecule has 1 amide bonds. The molecule has 0 saturated carbocycles. The second kappa shape index (κ2) is 11.7. The van der Waals surface area contributed by atoms with Crippen LogP contribution in [0.2, 0.25) is 5.02 Å². The number of unbranched alkanes of at least 4 members (excludes halogenated alkanes) is 2. The number of para-hydroxylation sites is 2. The fraction of sp³-hybridized carbons (Fsp3) is 0.286. The molecule has 1 heterocycles. The van der Waals surface area contributed by atoms with Crippen LogP contribution in [0.5, 0.6) is 5.75 Å². The molecule has 34 heavy (non-hydrogen) atoms. The third-order valence-corrected chi connectivity index (χ3v) is 6.16. The average Bonchev–Trinajstić information content (AvgIpc) is 3.20. The Hall–Kier alpha value is -3.31. The van der Waals surface area contributed by atoms with Crippen molar-refractivity contribution >= 4 is 28.5 Å². The van der Waals surface area contributed by atoms with Gasteiger partial charge in [-0.25, -0.2) is 4.98 Å². The summed E-state index contributed by atoms with van der Waals surface area (Å²) in [6.45, 7) is 1.47. The molecule has 1 N–H and O–H groups in total. The normalized spacial score (nSPS) is 11.0. The molecule has 0 unspecified atom stereocenters. The Morgan fingerprint density at radius 3 is 2.44 bits per heavy atom. The van der Waals surface area contributed by atoms with Gasteiger partial charge in [0.2, 0.25) is 5.91 Å². The number of benzene rings is 3. The molecule has 0 aliphatic rings. The first kappa shape index (κ1) is 23.8. The number of hydrogen-bond acceptors (Lipinski definition) is 3. The monoisotopic (exact) mass is 475 g/mol. The lowest BCUT2D eigenvalue weighted by Crippen LogP contribution is -2.26. The number of carbonyl (C=O) groups is 1. The Balaban J connectivity index is 1.28. The third-order valence-electron chi connectivity index (χ3n) is 5.91. The highest BCUT2D eigenvalue weighted by atomic mass is 35.5. The van der Waals surface area contributed by atoms with Gasteiger partial charge in [0.05, 0.1) is 24.6 Å². The zero-order chi connectivity index (χ0) is 23.8. The zero-order valence-electron chi connectivity index (χ0n) is 19.5. The Morgan fingerprint density at radius 2 is 1.68 bits per heavy atom. The maximum absolute atomic E-state index is 12.1. The molecular formula is C28H30ClN3O2. The largest absolute Gasteiger partial charge is 0.497 e. The van der Waals surface area contributed by atoms with Crippen molar-refractivity contribution in [2.24, 2.45) is 0 Å². The van der Waals surface area contributed by atoms with Crippen LogP contribution in [-0.4, -0.2) is 29.1 Å². The summed E-state index contributed by atoms with van der Waals surface area (Å²) in [7, 11) is 1.68. The molecule has 3 aromatic carbocycles. The molecule has 0 atom stereocenters. The topological polar surface area (TPSA) is 56.1 Å². The Kier molecular flexibility index (Phi) is 8.21. The molecule has 0 bridgehead atoms. The van der Waals surface area contributed by atoms with E-state index in [9.17, 15) is 4.79 Å². The van der Waals surface area contributed by atoms with Crippen LogP contribution < -0.4 is 10.1 Å². The summed E-state index contributed by atoms with van der Waals surface area (Å²) in [4.78, 5) is 17.0. The summed E-state index contributed by atoms with van der Waals surface area (Å²) in [5, 5.41) is 3.70. The number of halogens is 1. The van der Waals surface area contributed by atoms with E-state index in [0.29, 0.717) is 18.0 Å². The maximum atomic E-state index is 12.1. The van der Waals surface area contributed by atoms with Crippen molar-refractivity contribution in [1.29, 1.82) is 0 Å². The molecule has 0 fully saturated rings. The summed E-state index contributed by atoms with van der Waals surface area (Å²) in [5.41, 5.74) is 4.37. The van der Waals surface area contributed by atoms with E-state index in [1.807, 2.05) is 42.5 Å². The highest BCUT2D eigenvalue weighted by Crippen LogP contribution is 2.21. The summed E-state index contributed by atoms with van der Waals surface area (Å²) in [6.07, 6.45) is 4.30. The minimum atomic E-state index is 0.0450. The quantitative estimate of drug-likeness (QED) is 0.278. The first-order chi connectivity index (χ1) is 16.6. The fourth-order valence-electron chi connectivity index (χ4n) is 4.07. The van der Waals surface area contributed by atoms with Crippen molar-refractivity contribution in [2.75, 3.05) is 13.7 Å². The first-order valence-electron chi connectivity index (χ1n) is 11.7. The molecule has 0 radical (unpaired) electrons. The van der Waals surface area contributed by atoms with Gasteiger partial charge in [-0.05, 0) is 60.4 Å². The number of rotatable bonds is 11. The van der Waals surface area contributed by atoms with Crippen molar-refractivity contribution in [3.8, 4) is 5.75 Å². The van der Waals surface area contributed by atoms with Gasteiger partial charge in [-0.1, -0.05) is 54.4 Å². The molecule has 0 spiro atoms. The molecular weight excluding hydrogens is 446 g/mol. The molecule has 1 aromatic heterocycles. The van der Waals surface area contributed by atoms with E-state index in [2.05, 4.69) is 40.2 Å². The van der Waals surface area contributed by atoms with E-state index in [4.69, 9.17) is 21.3 Å². The number of aromatic nitrogens is 2. The number of methoxy groups -OCH3 is 1. The number of amides is 1. The predicted molar refractivity (Wildman–Crippen MR) is 138 cm³/mol. The van der Waals surface area contributed by atoms with Gasteiger partial charge in [-0.2, -0.15) is 0 Å². The molecule has 0 saturated heterocycles. The van der Waals surface area contributed by atoms with Crippen LogP contribution in [0.4, 0.5) is 0 Å². The standard InChI is InChI=1S/C28H30ClN3O2/c1-34-24-16-12-22(13-17-24)20-32-26-8-5-4-7-25(26)31-27(32)9-3-2-6-18-30-28(33)19-21-10-14-23(29)15-11-21/h4-5,7-8,10-17H,2-3,6,9,18-20H2,1H3,(H,30,33). The Bertz CT molecular complexity index is 1220. The van der Waals surface area contributed by atoms with E-state index in [1.165, 1.54) is 5.56 Å². The summed E-state index contributed by atoms with van der Waals surface area (Å²) in [6, 6.07) is 23.9. The van der Waals surface area contributed by atoms with Gasteiger partial charge in [0.1, 0.15) is 11.6 Å². The Morgan fingerprint density at radius 1 is 0.941 bits per heavy atom. The summed E-state index contributed by atoms with van der Waals surface area (Å²) >= 11 is 5.90. The van der Waals surface area contributed by atoms with E-state index < -0.39 is 0 Å². The number of imidazole rings is 1. The van der Waals surface area contributed by atoms with Crippen molar-refractivity contribution in [1.82, 2.24) is 14.9 Å². The fourth-order valence-corrected chi connectivity index (χ4v) is 4.20. The number of fused-ring (bicyclic) bond motifs is 1. The van der Waals surface area contributed by atoms with Gasteiger partial charge in [-0.3, -0.25) is 4.79 Å². The minimum absolute atomic E-state index is 0.0450. The highest BCUT2D eigenvalue weighted by molar-refractivity contribution is 6.30. The smallest absolute Gasteiger partial charge is 0.224 e. The number of nitrogens with zero attached hydrogens (tertiary/aromatic N) is 2. The highest BCUT2D eigenvalue weighted by Gasteiger charge is 2.11. The number of ether oxygens (including phenoxy) is 1. The van der Waals surface area contributed by atoms with Crippen molar-refractivity contribution in [2.45, 2.75) is 38.6 Å². The second-order valence-electron chi connectivity index (χ2n) is 8.41. The van der Waals surface area contributed by atoms with E-state index in [1.54, 1.807) is 7.11 Å². The van der Waals surface area contributed by atoms with Crippen molar-refractivity contribution in [3.63, 3.8) is 0 Å². The predicted octanol–water partition coefficient (Wildman–Crippen LogP) is 5.82. The van der Waals surface area contributed by atoms with Gasteiger partial charge in [0.25, 0.3) is 0 Å². The van der Waals surface area contributed by atoms with Crippen LogP contribution in [0.15, 0.2) is 72.8 Å². The number of nitrogens with one attached hydrogen (secondary N) is 1. The minimum Gasteiger partial charge on any atom is -0.497 e. The van der Waals surface area contributed by atoms with Crippen LogP contribution in [-0.2, 0) is 24.2 Å². The summed E-state index contributed by atoms with van der Waals surface area (Å²) < 4.78 is 7.59. The van der Waals surface area contributed by atoms with Gasteiger partial charge < -0.3 is 14.6 Å². The molecule has 5 nitrogen and oxygen atoms in total. The number of aryl methyl sites for hydroxylation is 1. The van der Waals surface area contributed by atoms with Crippen molar-refractivity contribution < 1.29 is 9.53 Å². The Labute approximate surface area is 205 Å². The van der Waals surface area contributed by atoms with Crippen LogP contribution in [0, 0.1) is 0 Å². The van der Waals surface area contributed by atoms with Gasteiger partial charge in [0.15, 0.2) is 0 Å². The lowest BCUT2D eigenvalue weighted by atomic mass is 10.1.